The molecule has 0 saturated heterocycles. The molecule has 1 amide bonds. The minimum absolute atomic E-state index is 0.111. The van der Waals surface area contributed by atoms with Gasteiger partial charge in [-0.15, -0.1) is 11.3 Å². The van der Waals surface area contributed by atoms with Crippen molar-refractivity contribution in [2.75, 3.05) is 5.32 Å². The molecule has 6 heteroatoms. The van der Waals surface area contributed by atoms with E-state index >= 15 is 0 Å². The summed E-state index contributed by atoms with van der Waals surface area (Å²) in [4.78, 5) is 17.3. The summed E-state index contributed by atoms with van der Waals surface area (Å²) in [6, 6.07) is 3.70. The van der Waals surface area contributed by atoms with Crippen molar-refractivity contribution < 1.29 is 9.21 Å². The molecule has 4 nitrogen and oxygen atoms in total. The largest absolute Gasteiger partial charge is 0.464 e. The molecular weight excluding hydrogens is 308 g/mol. The van der Waals surface area contributed by atoms with Crippen molar-refractivity contribution in [1.82, 2.24) is 4.98 Å². The van der Waals surface area contributed by atoms with Crippen molar-refractivity contribution in [2.45, 2.75) is 20.3 Å². The van der Waals surface area contributed by atoms with E-state index in [1.807, 2.05) is 26.0 Å². The van der Waals surface area contributed by atoms with Crippen LogP contribution >= 0.6 is 22.9 Å². The molecule has 0 atom stereocenters. The van der Waals surface area contributed by atoms with Gasteiger partial charge in [0.2, 0.25) is 5.91 Å². The monoisotopic (exact) mass is 320 g/mol. The predicted molar refractivity (Wildman–Crippen MR) is 85.1 cm³/mol. The minimum Gasteiger partial charge on any atom is -0.464 e. The Kier molecular flexibility index (Phi) is 3.69. The number of furan rings is 1. The topological polar surface area (TPSA) is 55.1 Å². The summed E-state index contributed by atoms with van der Waals surface area (Å²) in [5.74, 6) is -0.111. The van der Waals surface area contributed by atoms with Crippen molar-refractivity contribution in [2.24, 2.45) is 0 Å². The first-order valence-electron chi connectivity index (χ1n) is 6.42. The molecule has 0 aliphatic carbocycles. The molecule has 3 aromatic rings. The van der Waals surface area contributed by atoms with E-state index in [1.165, 1.54) is 11.3 Å². The Balaban J connectivity index is 1.82. The third-order valence-corrected chi connectivity index (χ3v) is 4.46. The SMILES string of the molecule is Cc1cnc(NC(=O)Cc2coc3c(C)c(Cl)ccc23)s1. The summed E-state index contributed by atoms with van der Waals surface area (Å²) in [7, 11) is 0. The third kappa shape index (κ3) is 2.80. The van der Waals surface area contributed by atoms with Gasteiger partial charge in [-0.05, 0) is 26.0 Å². The fraction of sp³-hybridized carbons (Fsp3) is 0.200. The number of halogens is 1. The lowest BCUT2D eigenvalue weighted by Gasteiger charge is -2.01. The Morgan fingerprint density at radius 3 is 2.95 bits per heavy atom. The second-order valence-corrected chi connectivity index (χ2v) is 6.45. The van der Waals surface area contributed by atoms with Gasteiger partial charge in [0.05, 0.1) is 12.7 Å². The van der Waals surface area contributed by atoms with Gasteiger partial charge in [-0.1, -0.05) is 11.6 Å². The zero-order valence-electron chi connectivity index (χ0n) is 11.6. The number of carbonyl (C=O) groups is 1. The quantitative estimate of drug-likeness (QED) is 0.781. The molecular formula is C15H13ClN2O2S. The Morgan fingerprint density at radius 2 is 2.24 bits per heavy atom. The number of benzene rings is 1. The number of fused-ring (bicyclic) bond motifs is 1. The van der Waals surface area contributed by atoms with E-state index in [0.29, 0.717) is 10.2 Å². The molecule has 2 aromatic heterocycles. The Morgan fingerprint density at radius 1 is 1.43 bits per heavy atom. The van der Waals surface area contributed by atoms with Gasteiger partial charge >= 0.3 is 0 Å². The molecule has 0 bridgehead atoms. The number of carbonyl (C=O) groups excluding carboxylic acids is 1. The summed E-state index contributed by atoms with van der Waals surface area (Å²) in [6.07, 6.45) is 3.59. The Hall–Kier alpha value is -1.85. The third-order valence-electron chi connectivity index (χ3n) is 3.22. The van der Waals surface area contributed by atoms with Gasteiger partial charge < -0.3 is 9.73 Å². The lowest BCUT2D eigenvalue weighted by atomic mass is 10.1. The van der Waals surface area contributed by atoms with Gasteiger partial charge in [0.25, 0.3) is 0 Å². The van der Waals surface area contributed by atoms with Crippen LogP contribution in [0.2, 0.25) is 5.02 Å². The van der Waals surface area contributed by atoms with E-state index in [-0.39, 0.29) is 12.3 Å². The van der Waals surface area contributed by atoms with Crippen LogP contribution in [0.4, 0.5) is 5.13 Å². The van der Waals surface area contributed by atoms with Crippen molar-refractivity contribution in [3.63, 3.8) is 0 Å². The second-order valence-electron chi connectivity index (χ2n) is 4.81. The number of nitrogens with one attached hydrogen (secondary N) is 1. The molecule has 21 heavy (non-hydrogen) atoms. The standard InChI is InChI=1S/C15H13ClN2O2S/c1-8-6-17-15(21-8)18-13(19)5-10-7-20-14-9(2)12(16)4-3-11(10)14/h3-4,6-7H,5H2,1-2H3,(H,17,18,19). The Bertz CT molecular complexity index is 822. The number of amides is 1. The van der Waals surface area contributed by atoms with E-state index in [2.05, 4.69) is 10.3 Å². The van der Waals surface area contributed by atoms with Crippen LogP contribution in [-0.4, -0.2) is 10.9 Å². The maximum atomic E-state index is 12.1. The van der Waals surface area contributed by atoms with Crippen LogP contribution in [0.1, 0.15) is 16.0 Å². The molecule has 3 rings (SSSR count). The van der Waals surface area contributed by atoms with Crippen LogP contribution < -0.4 is 5.32 Å². The van der Waals surface area contributed by atoms with Crippen LogP contribution in [0.3, 0.4) is 0 Å². The molecule has 0 aliphatic heterocycles. The number of hydrogen-bond donors (Lipinski definition) is 1. The highest BCUT2D eigenvalue weighted by atomic mass is 35.5. The Labute approximate surface area is 130 Å². The zero-order chi connectivity index (χ0) is 15.0. The fourth-order valence-corrected chi connectivity index (χ4v) is 2.98. The van der Waals surface area contributed by atoms with Crippen molar-refractivity contribution in [1.29, 1.82) is 0 Å². The zero-order valence-corrected chi connectivity index (χ0v) is 13.1. The van der Waals surface area contributed by atoms with E-state index in [4.69, 9.17) is 16.0 Å². The number of thiazole rings is 1. The van der Waals surface area contributed by atoms with Crippen molar-refractivity contribution in [3.05, 3.63) is 45.6 Å². The van der Waals surface area contributed by atoms with Crippen molar-refractivity contribution >= 4 is 44.9 Å². The van der Waals surface area contributed by atoms with Crippen LogP contribution in [0.15, 0.2) is 29.0 Å². The normalized spacial score (nSPS) is 11.0. The highest BCUT2D eigenvalue weighted by Crippen LogP contribution is 2.29. The van der Waals surface area contributed by atoms with E-state index in [9.17, 15) is 4.79 Å². The molecule has 0 saturated carbocycles. The van der Waals surface area contributed by atoms with Gasteiger partial charge in [0.15, 0.2) is 5.13 Å². The maximum Gasteiger partial charge on any atom is 0.230 e. The summed E-state index contributed by atoms with van der Waals surface area (Å²) in [5, 5.41) is 4.99. The number of aromatic nitrogens is 1. The first-order valence-corrected chi connectivity index (χ1v) is 7.61. The van der Waals surface area contributed by atoms with Gasteiger partial charge in [0.1, 0.15) is 5.58 Å². The summed E-state index contributed by atoms with van der Waals surface area (Å²) in [5.41, 5.74) is 2.46. The first-order chi connectivity index (χ1) is 10.0. The molecule has 0 radical (unpaired) electrons. The van der Waals surface area contributed by atoms with Crippen LogP contribution in [0.5, 0.6) is 0 Å². The number of rotatable bonds is 3. The molecule has 0 aliphatic rings. The van der Waals surface area contributed by atoms with Crippen molar-refractivity contribution in [3.8, 4) is 0 Å². The van der Waals surface area contributed by atoms with Gasteiger partial charge in [-0.25, -0.2) is 4.98 Å². The lowest BCUT2D eigenvalue weighted by molar-refractivity contribution is -0.115. The first kappa shape index (κ1) is 14.1. The van der Waals surface area contributed by atoms with Gasteiger partial charge in [-0.2, -0.15) is 0 Å². The number of nitrogens with zero attached hydrogens (tertiary/aromatic N) is 1. The molecule has 2 heterocycles. The second kappa shape index (κ2) is 5.50. The van der Waals surface area contributed by atoms with Crippen LogP contribution in [0, 0.1) is 13.8 Å². The summed E-state index contributed by atoms with van der Waals surface area (Å²) >= 11 is 7.52. The highest BCUT2D eigenvalue weighted by molar-refractivity contribution is 7.15. The fourth-order valence-electron chi connectivity index (χ4n) is 2.15. The molecule has 1 aromatic carbocycles. The van der Waals surface area contributed by atoms with E-state index < -0.39 is 0 Å². The van der Waals surface area contributed by atoms with E-state index in [1.54, 1.807) is 12.5 Å². The summed E-state index contributed by atoms with van der Waals surface area (Å²) in [6.45, 7) is 3.85. The molecule has 0 spiro atoms. The maximum absolute atomic E-state index is 12.1. The summed E-state index contributed by atoms with van der Waals surface area (Å²) < 4.78 is 5.54. The lowest BCUT2D eigenvalue weighted by Crippen LogP contribution is -2.13. The van der Waals surface area contributed by atoms with E-state index in [0.717, 1.165) is 27.0 Å². The number of hydrogen-bond acceptors (Lipinski definition) is 4. The minimum atomic E-state index is -0.111. The van der Waals surface area contributed by atoms with Crippen LogP contribution in [-0.2, 0) is 11.2 Å². The molecule has 108 valence electrons. The number of aryl methyl sites for hydroxylation is 2. The smallest absolute Gasteiger partial charge is 0.230 e. The average Bonchev–Trinajstić information content (AvgIpc) is 3.01. The van der Waals surface area contributed by atoms with Gasteiger partial charge in [0, 0.05) is 32.6 Å². The highest BCUT2D eigenvalue weighted by Gasteiger charge is 2.14. The average molecular weight is 321 g/mol. The predicted octanol–water partition coefficient (Wildman–Crippen LogP) is 4.34. The van der Waals surface area contributed by atoms with Gasteiger partial charge in [-0.3, -0.25) is 4.79 Å². The van der Waals surface area contributed by atoms with Crippen LogP contribution in [0.25, 0.3) is 11.0 Å². The molecule has 0 unspecified atom stereocenters. The molecule has 1 N–H and O–H groups in total. The number of anilines is 1. The molecule has 0 fully saturated rings.